The zero-order valence-corrected chi connectivity index (χ0v) is 21.3. The molecule has 4 saturated carbocycles. The van der Waals surface area contributed by atoms with Gasteiger partial charge in [0.05, 0.1) is 12.0 Å². The Labute approximate surface area is 195 Å². The molecule has 5 aliphatic carbocycles. The summed E-state index contributed by atoms with van der Waals surface area (Å²) in [5.74, 6) is 1.90. The van der Waals surface area contributed by atoms with E-state index < -0.39 is 5.97 Å². The Morgan fingerprint density at radius 2 is 1.69 bits per heavy atom. The number of hydrogen-bond acceptors (Lipinski definition) is 2. The van der Waals surface area contributed by atoms with Gasteiger partial charge in [0.2, 0.25) is 0 Å². The smallest absolute Gasteiger partial charge is 0.306 e. The highest BCUT2D eigenvalue weighted by molar-refractivity contribution is 5.70. The molecule has 5 rings (SSSR count). The molecule has 0 spiro atoms. The molecule has 32 heavy (non-hydrogen) atoms. The fraction of sp³-hybridized carbons (Fsp3) is 0.897. The van der Waals surface area contributed by atoms with Crippen LogP contribution < -0.4 is 0 Å². The van der Waals surface area contributed by atoms with Gasteiger partial charge in [-0.3, -0.25) is 4.79 Å². The van der Waals surface area contributed by atoms with Crippen LogP contribution in [-0.2, 0) is 4.79 Å². The van der Waals surface area contributed by atoms with Crippen molar-refractivity contribution < 1.29 is 15.0 Å². The van der Waals surface area contributed by atoms with E-state index in [1.54, 1.807) is 5.57 Å². The van der Waals surface area contributed by atoms with Crippen LogP contribution in [0.15, 0.2) is 11.6 Å². The van der Waals surface area contributed by atoms with Crippen LogP contribution in [0.3, 0.4) is 0 Å². The Morgan fingerprint density at radius 1 is 0.969 bits per heavy atom. The predicted octanol–water partition coefficient (Wildman–Crippen LogP) is 6.70. The molecular weight excluding hydrogens is 396 g/mol. The Morgan fingerprint density at radius 3 is 2.38 bits per heavy atom. The lowest BCUT2D eigenvalue weighted by Gasteiger charge is -2.70. The second-order valence-corrected chi connectivity index (χ2v) is 14.1. The first-order chi connectivity index (χ1) is 14.8. The lowest BCUT2D eigenvalue weighted by atomic mass is 9.34. The molecule has 180 valence electrons. The molecule has 0 aliphatic heterocycles. The summed E-state index contributed by atoms with van der Waals surface area (Å²) in [6.07, 6.45) is 12.1. The summed E-state index contributed by atoms with van der Waals surface area (Å²) in [4.78, 5) is 12.1. The minimum absolute atomic E-state index is 0.158. The SMILES string of the molecule is C[C@H]1CC[C@@H](C(=O)O)[C@H]2CC[C@@]3(C)C(=CC[C@H]4[C@@]5(C)C[C@@H](O)CC(C)(C)[C@H]5CC[C@]43C)[C@H]21. The van der Waals surface area contributed by atoms with Crippen LogP contribution in [0.25, 0.3) is 0 Å². The first kappa shape index (κ1) is 22.9. The van der Waals surface area contributed by atoms with E-state index in [9.17, 15) is 15.0 Å². The van der Waals surface area contributed by atoms with Gasteiger partial charge in [0.1, 0.15) is 0 Å². The van der Waals surface area contributed by atoms with Gasteiger partial charge in [0.15, 0.2) is 0 Å². The van der Waals surface area contributed by atoms with Gasteiger partial charge in [0, 0.05) is 0 Å². The van der Waals surface area contributed by atoms with E-state index in [4.69, 9.17) is 0 Å². The van der Waals surface area contributed by atoms with Crippen molar-refractivity contribution in [2.24, 2.45) is 57.2 Å². The average molecular weight is 443 g/mol. The number of carbonyl (C=O) groups is 1. The molecule has 5 aliphatic rings. The van der Waals surface area contributed by atoms with Crippen molar-refractivity contribution in [3.05, 3.63) is 11.6 Å². The van der Waals surface area contributed by atoms with Crippen LogP contribution in [0.1, 0.15) is 99.3 Å². The maximum atomic E-state index is 12.1. The molecular formula is C29H46O3. The normalized spacial score (nSPS) is 54.3. The summed E-state index contributed by atoms with van der Waals surface area (Å²) in [5.41, 5.74) is 2.40. The predicted molar refractivity (Wildman–Crippen MR) is 128 cm³/mol. The first-order valence-corrected chi connectivity index (χ1v) is 13.5. The van der Waals surface area contributed by atoms with E-state index in [2.05, 4.69) is 47.6 Å². The number of hydrogen-bond donors (Lipinski definition) is 2. The fourth-order valence-corrected chi connectivity index (χ4v) is 10.9. The molecule has 3 heteroatoms. The number of aliphatic hydroxyl groups excluding tert-OH is 1. The molecule has 2 N–H and O–H groups in total. The minimum Gasteiger partial charge on any atom is -0.481 e. The van der Waals surface area contributed by atoms with Crippen molar-refractivity contribution >= 4 is 5.97 Å². The van der Waals surface area contributed by atoms with Gasteiger partial charge in [-0.15, -0.1) is 0 Å². The molecule has 0 amide bonds. The molecule has 0 saturated heterocycles. The number of aliphatic hydroxyl groups is 1. The van der Waals surface area contributed by atoms with Crippen LogP contribution in [-0.4, -0.2) is 22.3 Å². The topological polar surface area (TPSA) is 57.5 Å². The van der Waals surface area contributed by atoms with Gasteiger partial charge in [-0.25, -0.2) is 0 Å². The number of carboxylic acid groups (broad SMARTS) is 1. The third-order valence-electron chi connectivity index (χ3n) is 12.3. The molecule has 0 heterocycles. The van der Waals surface area contributed by atoms with Crippen LogP contribution in [0.4, 0.5) is 0 Å². The van der Waals surface area contributed by atoms with Gasteiger partial charge in [-0.05, 0) is 109 Å². The molecule has 4 fully saturated rings. The monoisotopic (exact) mass is 442 g/mol. The highest BCUT2D eigenvalue weighted by atomic mass is 16.4. The third-order valence-corrected chi connectivity index (χ3v) is 12.3. The van der Waals surface area contributed by atoms with Crippen LogP contribution >= 0.6 is 0 Å². The Balaban J connectivity index is 1.57. The number of aliphatic carboxylic acids is 1. The van der Waals surface area contributed by atoms with Crippen molar-refractivity contribution in [3.8, 4) is 0 Å². The summed E-state index contributed by atoms with van der Waals surface area (Å²) in [6, 6.07) is 0. The summed E-state index contributed by atoms with van der Waals surface area (Å²) < 4.78 is 0. The van der Waals surface area contributed by atoms with E-state index in [1.807, 2.05) is 0 Å². The van der Waals surface area contributed by atoms with E-state index in [0.29, 0.717) is 29.6 Å². The molecule has 0 bridgehead atoms. The largest absolute Gasteiger partial charge is 0.481 e. The van der Waals surface area contributed by atoms with Gasteiger partial charge in [-0.1, -0.05) is 53.2 Å². The van der Waals surface area contributed by atoms with E-state index in [-0.39, 0.29) is 33.7 Å². The maximum absolute atomic E-state index is 12.1. The quantitative estimate of drug-likeness (QED) is 0.444. The standard InChI is InChI=1S/C29H46O3/c1-17-7-8-20(25(31)32)19-11-13-28(5)21(24(17)19)9-10-23-27(4)16-18(30)15-26(2,3)22(27)12-14-29(23,28)6/h9,17-20,22-24,30H,7-8,10-16H2,1-6H3,(H,31,32)/t17-,18-,19+,20+,22+,23-,24-,27-,28-,29+/m0/s1. The first-order valence-electron chi connectivity index (χ1n) is 13.5. The van der Waals surface area contributed by atoms with Gasteiger partial charge < -0.3 is 10.2 Å². The fourth-order valence-electron chi connectivity index (χ4n) is 10.9. The van der Waals surface area contributed by atoms with Crippen LogP contribution in [0.5, 0.6) is 0 Å². The molecule has 0 unspecified atom stereocenters. The minimum atomic E-state index is -0.567. The number of carboxylic acids is 1. The van der Waals surface area contributed by atoms with E-state index in [1.165, 1.54) is 12.8 Å². The average Bonchev–Trinajstić information content (AvgIpc) is 2.66. The summed E-state index contributed by atoms with van der Waals surface area (Å²) >= 11 is 0. The summed E-state index contributed by atoms with van der Waals surface area (Å²) in [6.45, 7) is 14.8. The zero-order valence-electron chi connectivity index (χ0n) is 21.3. The Kier molecular flexibility index (Phi) is 5.08. The second kappa shape index (κ2) is 7.09. The number of fused-ring (bicyclic) bond motifs is 7. The van der Waals surface area contributed by atoms with E-state index in [0.717, 1.165) is 44.9 Å². The zero-order chi connectivity index (χ0) is 23.3. The van der Waals surface area contributed by atoms with Crippen molar-refractivity contribution in [2.45, 2.75) is 105 Å². The lowest BCUT2D eigenvalue weighted by Crippen LogP contribution is -2.63. The summed E-state index contributed by atoms with van der Waals surface area (Å²) in [7, 11) is 0. The van der Waals surface area contributed by atoms with Gasteiger partial charge >= 0.3 is 5.97 Å². The maximum Gasteiger partial charge on any atom is 0.306 e. The molecule has 10 atom stereocenters. The lowest BCUT2D eigenvalue weighted by molar-refractivity contribution is -0.195. The molecule has 0 aromatic heterocycles. The number of rotatable bonds is 1. The highest BCUT2D eigenvalue weighted by Gasteiger charge is 2.67. The van der Waals surface area contributed by atoms with Crippen molar-refractivity contribution in [1.29, 1.82) is 0 Å². The van der Waals surface area contributed by atoms with Gasteiger partial charge in [0.25, 0.3) is 0 Å². The van der Waals surface area contributed by atoms with Crippen molar-refractivity contribution in [3.63, 3.8) is 0 Å². The van der Waals surface area contributed by atoms with E-state index >= 15 is 0 Å². The third kappa shape index (κ3) is 2.85. The van der Waals surface area contributed by atoms with Crippen LogP contribution in [0, 0.1) is 57.2 Å². The van der Waals surface area contributed by atoms with Crippen molar-refractivity contribution in [1.82, 2.24) is 0 Å². The second-order valence-electron chi connectivity index (χ2n) is 14.1. The Bertz CT molecular complexity index is 828. The van der Waals surface area contributed by atoms with Crippen LogP contribution in [0.2, 0.25) is 0 Å². The van der Waals surface area contributed by atoms with Gasteiger partial charge in [-0.2, -0.15) is 0 Å². The highest BCUT2D eigenvalue weighted by Crippen LogP contribution is 2.74. The summed E-state index contributed by atoms with van der Waals surface area (Å²) in [5, 5.41) is 20.9. The van der Waals surface area contributed by atoms with Crippen molar-refractivity contribution in [2.75, 3.05) is 0 Å². The number of allylic oxidation sites excluding steroid dienone is 2. The molecule has 0 aromatic rings. The molecule has 3 nitrogen and oxygen atoms in total. The molecule has 0 radical (unpaired) electrons. The molecule has 0 aromatic carbocycles. The Hall–Kier alpha value is -0.830.